The fourth-order valence-electron chi connectivity index (χ4n) is 2.79. The van der Waals surface area contributed by atoms with Crippen LogP contribution in [0.25, 0.3) is 22.0 Å². The number of rotatable bonds is 5. The average Bonchev–Trinajstić information content (AvgIpc) is 3.19. The number of fused-ring (bicyclic) bond motifs is 1. The van der Waals surface area contributed by atoms with Gasteiger partial charge >= 0.3 is 0 Å². The molecule has 0 saturated heterocycles. The van der Waals surface area contributed by atoms with Gasteiger partial charge in [-0.1, -0.05) is 17.7 Å². The minimum Gasteiger partial charge on any atom is -0.496 e. The molecule has 0 spiro atoms. The summed E-state index contributed by atoms with van der Waals surface area (Å²) in [4.78, 5) is 8.43. The Morgan fingerprint density at radius 1 is 1.11 bits per heavy atom. The van der Waals surface area contributed by atoms with Gasteiger partial charge in [-0.05, 0) is 41.8 Å². The molecule has 4 aromatic rings. The van der Waals surface area contributed by atoms with Gasteiger partial charge in [0.25, 0.3) is 10.0 Å². The lowest BCUT2D eigenvalue weighted by Gasteiger charge is -2.12. The van der Waals surface area contributed by atoms with E-state index in [-0.39, 0.29) is 10.0 Å². The van der Waals surface area contributed by atoms with Crippen molar-refractivity contribution >= 4 is 49.1 Å². The summed E-state index contributed by atoms with van der Waals surface area (Å²) in [5.74, 6) is 0.624. The Labute approximate surface area is 170 Å². The third-order valence-corrected chi connectivity index (χ3v) is 6.33. The normalized spacial score (nSPS) is 11.5. The largest absolute Gasteiger partial charge is 0.496 e. The zero-order valence-electron chi connectivity index (χ0n) is 14.5. The molecule has 0 unspecified atom stereocenters. The number of benzene rings is 2. The number of aromatic nitrogens is 3. The molecule has 0 bridgehead atoms. The smallest absolute Gasteiger partial charge is 0.263 e. The number of pyridine rings is 1. The molecule has 0 aliphatic heterocycles. The predicted molar refractivity (Wildman–Crippen MR) is 109 cm³/mol. The zero-order valence-corrected chi connectivity index (χ0v) is 16.8. The lowest BCUT2D eigenvalue weighted by atomic mass is 10.0. The second kappa shape index (κ2) is 7.34. The van der Waals surface area contributed by atoms with Gasteiger partial charge in [0, 0.05) is 33.7 Å². The molecule has 4 rings (SSSR count). The highest BCUT2D eigenvalue weighted by molar-refractivity contribution is 7.93. The Morgan fingerprint density at radius 2 is 1.96 bits per heavy atom. The second-order valence-electron chi connectivity index (χ2n) is 5.74. The highest BCUT2D eigenvalue weighted by Gasteiger charge is 2.18. The van der Waals surface area contributed by atoms with Crippen LogP contribution in [-0.4, -0.2) is 29.9 Å². The van der Waals surface area contributed by atoms with Crippen molar-refractivity contribution in [2.75, 3.05) is 11.8 Å². The molecule has 2 aromatic carbocycles. The summed E-state index contributed by atoms with van der Waals surface area (Å²) in [6.07, 6.45) is 2.91. The van der Waals surface area contributed by atoms with Crippen molar-refractivity contribution in [3.8, 4) is 17.0 Å². The Hall–Kier alpha value is -2.75. The number of nitrogens with one attached hydrogen (secondary N) is 1. The minimum absolute atomic E-state index is 0.116. The number of methoxy groups -OCH3 is 1. The third-order valence-electron chi connectivity index (χ3n) is 4.05. The molecule has 10 heteroatoms. The Morgan fingerprint density at radius 3 is 2.71 bits per heavy atom. The van der Waals surface area contributed by atoms with Gasteiger partial charge in [0.2, 0.25) is 5.13 Å². The molecule has 142 valence electrons. The molecule has 2 aromatic heterocycles. The summed E-state index contributed by atoms with van der Waals surface area (Å²) in [7, 11) is -2.21. The first-order valence-corrected chi connectivity index (χ1v) is 10.6. The van der Waals surface area contributed by atoms with Crippen LogP contribution < -0.4 is 9.46 Å². The van der Waals surface area contributed by atoms with Crippen molar-refractivity contribution in [1.82, 2.24) is 14.3 Å². The first-order valence-electron chi connectivity index (χ1n) is 8.00. The predicted octanol–water partition coefficient (Wildman–Crippen LogP) is 4.22. The Balaban J connectivity index is 1.82. The number of sulfonamides is 1. The van der Waals surface area contributed by atoms with Crippen LogP contribution in [0.5, 0.6) is 5.75 Å². The molecular formula is C18H13ClN4O3S2. The van der Waals surface area contributed by atoms with Crippen molar-refractivity contribution in [3.63, 3.8) is 0 Å². The molecule has 0 saturated carbocycles. The summed E-state index contributed by atoms with van der Waals surface area (Å²) in [6, 6.07) is 11.8. The van der Waals surface area contributed by atoms with E-state index in [1.807, 2.05) is 0 Å². The number of hydrogen-bond acceptors (Lipinski definition) is 7. The van der Waals surface area contributed by atoms with Crippen LogP contribution in [0.3, 0.4) is 0 Å². The van der Waals surface area contributed by atoms with Crippen LogP contribution in [0.4, 0.5) is 5.13 Å². The first kappa shape index (κ1) is 18.6. The zero-order chi connectivity index (χ0) is 19.7. The molecular weight excluding hydrogens is 420 g/mol. The standard InChI is InChI=1S/C18H13ClN4O3S2/c1-26-16-5-2-12(19)9-15(16)17-14-4-3-13(8-11(14)6-7-20-17)28(24,25)23-18-21-10-22-27-18/h2-10H,1H3,(H,21,22,23). The van der Waals surface area contributed by atoms with Gasteiger partial charge in [-0.25, -0.2) is 13.4 Å². The van der Waals surface area contributed by atoms with E-state index in [1.54, 1.807) is 49.7 Å². The van der Waals surface area contributed by atoms with Crippen molar-refractivity contribution in [1.29, 1.82) is 0 Å². The molecule has 0 aliphatic rings. The summed E-state index contributed by atoms with van der Waals surface area (Å²) in [6.45, 7) is 0. The summed E-state index contributed by atoms with van der Waals surface area (Å²) in [5, 5.41) is 2.25. The maximum Gasteiger partial charge on any atom is 0.263 e. The Bertz CT molecular complexity index is 1260. The van der Waals surface area contributed by atoms with Crippen LogP contribution >= 0.6 is 23.1 Å². The number of nitrogens with zero attached hydrogens (tertiary/aromatic N) is 3. The van der Waals surface area contributed by atoms with E-state index in [2.05, 4.69) is 19.1 Å². The lowest BCUT2D eigenvalue weighted by molar-refractivity contribution is 0.416. The number of anilines is 1. The molecule has 7 nitrogen and oxygen atoms in total. The van der Waals surface area contributed by atoms with Gasteiger partial charge in [-0.15, -0.1) is 0 Å². The summed E-state index contributed by atoms with van der Waals surface area (Å²) >= 11 is 7.11. The van der Waals surface area contributed by atoms with Crippen LogP contribution in [0.1, 0.15) is 0 Å². The molecule has 1 N–H and O–H groups in total. The number of hydrogen-bond donors (Lipinski definition) is 1. The molecule has 0 amide bonds. The molecule has 0 aliphatic carbocycles. The maximum absolute atomic E-state index is 12.6. The quantitative estimate of drug-likeness (QED) is 0.507. The van der Waals surface area contributed by atoms with Crippen LogP contribution in [0.2, 0.25) is 5.02 Å². The van der Waals surface area contributed by atoms with E-state index < -0.39 is 10.0 Å². The van der Waals surface area contributed by atoms with E-state index in [0.717, 1.165) is 22.5 Å². The number of ether oxygens (including phenoxy) is 1. The molecule has 28 heavy (non-hydrogen) atoms. The van der Waals surface area contributed by atoms with E-state index in [4.69, 9.17) is 16.3 Å². The Kier molecular flexibility index (Phi) is 4.88. The van der Waals surface area contributed by atoms with Gasteiger partial charge in [-0.2, -0.15) is 4.37 Å². The monoisotopic (exact) mass is 432 g/mol. The van der Waals surface area contributed by atoms with Crippen molar-refractivity contribution in [3.05, 3.63) is 60.0 Å². The van der Waals surface area contributed by atoms with E-state index in [9.17, 15) is 8.42 Å². The van der Waals surface area contributed by atoms with Crippen molar-refractivity contribution in [2.24, 2.45) is 0 Å². The minimum atomic E-state index is -3.78. The van der Waals surface area contributed by atoms with Crippen LogP contribution in [0, 0.1) is 0 Å². The summed E-state index contributed by atoms with van der Waals surface area (Å²) in [5.41, 5.74) is 1.38. The highest BCUT2D eigenvalue weighted by atomic mass is 35.5. The molecule has 0 radical (unpaired) electrons. The topological polar surface area (TPSA) is 94.1 Å². The van der Waals surface area contributed by atoms with E-state index >= 15 is 0 Å². The van der Waals surface area contributed by atoms with Crippen molar-refractivity contribution < 1.29 is 13.2 Å². The van der Waals surface area contributed by atoms with Crippen molar-refractivity contribution in [2.45, 2.75) is 4.90 Å². The lowest BCUT2D eigenvalue weighted by Crippen LogP contribution is -2.12. The fourth-order valence-corrected chi connectivity index (χ4v) is 4.66. The van der Waals surface area contributed by atoms with Crippen LogP contribution in [-0.2, 0) is 10.0 Å². The molecule has 2 heterocycles. The van der Waals surface area contributed by atoms with Gasteiger partial charge in [-0.3, -0.25) is 9.71 Å². The van der Waals surface area contributed by atoms with Gasteiger partial charge < -0.3 is 4.74 Å². The van der Waals surface area contributed by atoms with Gasteiger partial charge in [0.15, 0.2) is 0 Å². The molecule has 0 atom stereocenters. The summed E-state index contributed by atoms with van der Waals surface area (Å²) < 4.78 is 36.9. The SMILES string of the molecule is COc1ccc(Cl)cc1-c1nccc2cc(S(=O)(=O)Nc3ncns3)ccc12. The number of halogens is 1. The maximum atomic E-state index is 12.6. The van der Waals surface area contributed by atoms with E-state index in [1.165, 1.54) is 12.4 Å². The van der Waals surface area contributed by atoms with Gasteiger partial charge in [0.1, 0.15) is 12.1 Å². The van der Waals surface area contributed by atoms with Crippen LogP contribution in [0.15, 0.2) is 59.9 Å². The average molecular weight is 433 g/mol. The third kappa shape index (κ3) is 3.51. The van der Waals surface area contributed by atoms with Gasteiger partial charge in [0.05, 0.1) is 17.7 Å². The first-order chi connectivity index (χ1) is 13.5. The molecule has 0 fully saturated rings. The second-order valence-corrected chi connectivity index (χ2v) is 8.64. The highest BCUT2D eigenvalue weighted by Crippen LogP contribution is 2.36. The van der Waals surface area contributed by atoms with E-state index in [0.29, 0.717) is 21.9 Å². The fraction of sp³-hybridized carbons (Fsp3) is 0.0556.